The predicted octanol–water partition coefficient (Wildman–Crippen LogP) is 2.01. The summed E-state index contributed by atoms with van der Waals surface area (Å²) in [5, 5.41) is 30.0. The molecule has 3 N–H and O–H groups in total. The lowest BCUT2D eigenvalue weighted by atomic mass is 9.46. The van der Waals surface area contributed by atoms with Crippen LogP contribution in [0.4, 0.5) is 0 Å². The van der Waals surface area contributed by atoms with Crippen LogP contribution in [-0.4, -0.2) is 65.1 Å². The van der Waals surface area contributed by atoms with Crippen LogP contribution >= 0.6 is 0 Å². The van der Waals surface area contributed by atoms with E-state index >= 15 is 0 Å². The Labute approximate surface area is 194 Å². The number of carbonyl (C=O) groups is 2. The van der Waals surface area contributed by atoms with Gasteiger partial charge in [0.15, 0.2) is 0 Å². The standard InChI is InChI=1S/C25H36O8/c1-14-7-10-25(23(30)33-22-21(29)20(28)17(26)13-32-22)15(2)5-4-6-18(25)24(14,3)9-8-16-11-19(27)31-12-16/h5,11,14,17-18,20-22,26,28-29H,4,6-10,12-13H2,1-3H3/t14-,17-,18-,20-,21+,22-,24+,25+/m0/s1. The molecule has 0 amide bonds. The average Bonchev–Trinajstić information content (AvgIpc) is 3.21. The monoisotopic (exact) mass is 464 g/mol. The third-order valence-corrected chi connectivity index (χ3v) is 8.85. The van der Waals surface area contributed by atoms with E-state index in [0.717, 1.165) is 43.3 Å². The fraction of sp³-hybridized carbons (Fsp3) is 0.760. The molecular formula is C25H36O8. The zero-order valence-corrected chi connectivity index (χ0v) is 19.7. The van der Waals surface area contributed by atoms with Crippen molar-refractivity contribution in [2.24, 2.45) is 22.7 Å². The lowest BCUT2D eigenvalue weighted by molar-refractivity contribution is -0.269. The van der Waals surface area contributed by atoms with Crippen molar-refractivity contribution in [3.63, 3.8) is 0 Å². The summed E-state index contributed by atoms with van der Waals surface area (Å²) in [6, 6.07) is 0. The van der Waals surface area contributed by atoms with E-state index in [2.05, 4.69) is 19.9 Å². The molecule has 1 saturated heterocycles. The van der Waals surface area contributed by atoms with Crippen molar-refractivity contribution in [1.82, 2.24) is 0 Å². The van der Waals surface area contributed by atoms with Gasteiger partial charge in [0.1, 0.15) is 24.9 Å². The molecule has 4 aliphatic rings. The molecule has 0 aromatic rings. The SMILES string of the molecule is CC1=CCC[C@@H]2[C@@]1(C(=O)O[C@@H]1OC[C@H](O)[C@H](O)[C@H]1O)CC[C@H](C)[C@@]2(C)CCC1=CC(=O)OC1. The molecule has 0 spiro atoms. The zero-order chi connectivity index (χ0) is 24.0. The minimum Gasteiger partial charge on any atom is -0.458 e. The van der Waals surface area contributed by atoms with Crippen LogP contribution in [0.3, 0.4) is 0 Å². The molecule has 2 heterocycles. The minimum absolute atomic E-state index is 0.0288. The van der Waals surface area contributed by atoms with Gasteiger partial charge < -0.3 is 29.5 Å². The van der Waals surface area contributed by atoms with Crippen LogP contribution in [0.1, 0.15) is 59.3 Å². The van der Waals surface area contributed by atoms with Crippen LogP contribution in [0.25, 0.3) is 0 Å². The average molecular weight is 465 g/mol. The number of aliphatic hydroxyl groups excluding tert-OH is 3. The summed E-state index contributed by atoms with van der Waals surface area (Å²) in [5.41, 5.74) is 0.967. The lowest BCUT2D eigenvalue weighted by Crippen LogP contribution is -2.58. The van der Waals surface area contributed by atoms with Gasteiger partial charge in [0, 0.05) is 6.08 Å². The van der Waals surface area contributed by atoms with E-state index in [4.69, 9.17) is 14.2 Å². The number of fused-ring (bicyclic) bond motifs is 1. The van der Waals surface area contributed by atoms with Crippen molar-refractivity contribution in [3.05, 3.63) is 23.3 Å². The Morgan fingerprint density at radius 3 is 2.70 bits per heavy atom. The van der Waals surface area contributed by atoms with Crippen LogP contribution in [0.15, 0.2) is 23.3 Å². The highest BCUT2D eigenvalue weighted by Crippen LogP contribution is 2.62. The first kappa shape index (κ1) is 24.4. The molecule has 2 aliphatic heterocycles. The molecule has 33 heavy (non-hydrogen) atoms. The second-order valence-corrected chi connectivity index (χ2v) is 10.5. The van der Waals surface area contributed by atoms with Crippen LogP contribution in [0, 0.1) is 22.7 Å². The number of allylic oxidation sites excluding steroid dienone is 1. The normalized spacial score (nSPS) is 43.3. The summed E-state index contributed by atoms with van der Waals surface area (Å²) < 4.78 is 16.1. The molecule has 0 aromatic heterocycles. The summed E-state index contributed by atoms with van der Waals surface area (Å²) >= 11 is 0. The van der Waals surface area contributed by atoms with Crippen molar-refractivity contribution in [3.8, 4) is 0 Å². The van der Waals surface area contributed by atoms with Crippen molar-refractivity contribution >= 4 is 11.9 Å². The molecule has 4 rings (SSSR count). The highest BCUT2D eigenvalue weighted by molar-refractivity contribution is 5.85. The van der Waals surface area contributed by atoms with Crippen LogP contribution < -0.4 is 0 Å². The number of hydrogen-bond acceptors (Lipinski definition) is 8. The Morgan fingerprint density at radius 2 is 2.00 bits per heavy atom. The summed E-state index contributed by atoms with van der Waals surface area (Å²) in [6.45, 7) is 6.58. The van der Waals surface area contributed by atoms with Crippen molar-refractivity contribution in [1.29, 1.82) is 0 Å². The molecule has 0 unspecified atom stereocenters. The van der Waals surface area contributed by atoms with E-state index in [1.54, 1.807) is 6.08 Å². The second kappa shape index (κ2) is 9.13. The van der Waals surface area contributed by atoms with Crippen LogP contribution in [0.5, 0.6) is 0 Å². The van der Waals surface area contributed by atoms with Gasteiger partial charge in [-0.2, -0.15) is 0 Å². The van der Waals surface area contributed by atoms with Crippen LogP contribution in [0.2, 0.25) is 0 Å². The first-order valence-corrected chi connectivity index (χ1v) is 12.0. The molecule has 2 aliphatic carbocycles. The molecule has 1 saturated carbocycles. The molecule has 2 fully saturated rings. The molecule has 0 bridgehead atoms. The maximum absolute atomic E-state index is 13.8. The van der Waals surface area contributed by atoms with Gasteiger partial charge in [0.25, 0.3) is 0 Å². The summed E-state index contributed by atoms with van der Waals surface area (Å²) in [4.78, 5) is 25.3. The molecule has 184 valence electrons. The van der Waals surface area contributed by atoms with E-state index < -0.39 is 36.0 Å². The summed E-state index contributed by atoms with van der Waals surface area (Å²) in [5.74, 6) is -0.326. The van der Waals surface area contributed by atoms with Crippen molar-refractivity contribution < 1.29 is 39.1 Å². The molecule has 8 nitrogen and oxygen atoms in total. The van der Waals surface area contributed by atoms with Gasteiger partial charge in [-0.1, -0.05) is 25.5 Å². The highest BCUT2D eigenvalue weighted by Gasteiger charge is 2.60. The Morgan fingerprint density at radius 1 is 1.24 bits per heavy atom. The fourth-order valence-electron chi connectivity index (χ4n) is 6.46. The van der Waals surface area contributed by atoms with Gasteiger partial charge in [-0.25, -0.2) is 4.79 Å². The van der Waals surface area contributed by atoms with Crippen molar-refractivity contribution in [2.75, 3.05) is 13.2 Å². The Bertz CT molecular complexity index is 849. The van der Waals surface area contributed by atoms with E-state index in [9.17, 15) is 24.9 Å². The Kier molecular flexibility index (Phi) is 6.75. The molecule has 8 heteroatoms. The summed E-state index contributed by atoms with van der Waals surface area (Å²) in [7, 11) is 0. The molecule has 8 atom stereocenters. The maximum atomic E-state index is 13.8. The fourth-order valence-corrected chi connectivity index (χ4v) is 6.46. The second-order valence-electron chi connectivity index (χ2n) is 10.5. The third kappa shape index (κ3) is 4.16. The predicted molar refractivity (Wildman–Crippen MR) is 118 cm³/mol. The minimum atomic E-state index is -1.51. The zero-order valence-electron chi connectivity index (χ0n) is 19.7. The lowest BCUT2D eigenvalue weighted by Gasteiger charge is -2.57. The highest BCUT2D eigenvalue weighted by atomic mass is 16.7. The molecule has 0 aromatic carbocycles. The molecule has 0 radical (unpaired) electrons. The first-order valence-electron chi connectivity index (χ1n) is 12.0. The number of esters is 2. The topological polar surface area (TPSA) is 123 Å². The Hall–Kier alpha value is -1.74. The van der Waals surface area contributed by atoms with E-state index in [1.807, 2.05) is 6.92 Å². The van der Waals surface area contributed by atoms with E-state index in [-0.39, 0.29) is 23.9 Å². The largest absolute Gasteiger partial charge is 0.458 e. The Balaban J connectivity index is 1.59. The third-order valence-electron chi connectivity index (χ3n) is 8.85. The number of rotatable bonds is 5. The number of cyclic esters (lactones) is 1. The smallest absolute Gasteiger partial charge is 0.331 e. The number of carbonyl (C=O) groups excluding carboxylic acids is 2. The molecular weight excluding hydrogens is 428 g/mol. The van der Waals surface area contributed by atoms with E-state index in [1.165, 1.54) is 0 Å². The van der Waals surface area contributed by atoms with Gasteiger partial charge in [0.2, 0.25) is 6.29 Å². The van der Waals surface area contributed by atoms with Gasteiger partial charge in [-0.3, -0.25) is 4.79 Å². The van der Waals surface area contributed by atoms with E-state index in [0.29, 0.717) is 18.9 Å². The number of hydrogen-bond donors (Lipinski definition) is 3. The van der Waals surface area contributed by atoms with Gasteiger partial charge in [-0.05, 0) is 68.3 Å². The first-order chi connectivity index (χ1) is 15.6. The van der Waals surface area contributed by atoms with Gasteiger partial charge in [-0.15, -0.1) is 0 Å². The van der Waals surface area contributed by atoms with Gasteiger partial charge in [0.05, 0.1) is 12.0 Å². The van der Waals surface area contributed by atoms with Crippen molar-refractivity contribution in [2.45, 2.75) is 83.9 Å². The van der Waals surface area contributed by atoms with Crippen LogP contribution in [-0.2, 0) is 23.8 Å². The van der Waals surface area contributed by atoms with Gasteiger partial charge >= 0.3 is 11.9 Å². The number of aliphatic hydroxyl groups is 3. The number of ether oxygens (including phenoxy) is 3. The quantitative estimate of drug-likeness (QED) is 0.417. The maximum Gasteiger partial charge on any atom is 0.331 e. The summed E-state index contributed by atoms with van der Waals surface area (Å²) in [6.07, 6.45) is 2.98.